The molecule has 2 rings (SSSR count). The molecular weight excluding hydrogens is 403 g/mol. The molecule has 0 aliphatic heterocycles. The van der Waals surface area contributed by atoms with Crippen LogP contribution in [0.25, 0.3) is 0 Å². The van der Waals surface area contributed by atoms with E-state index in [9.17, 15) is 23.1 Å². The van der Waals surface area contributed by atoms with Crippen molar-refractivity contribution in [2.75, 3.05) is 27.4 Å². The summed E-state index contributed by atoms with van der Waals surface area (Å²) in [5.74, 6) is 1.12. The zero-order chi connectivity index (χ0) is 22.1. The first kappa shape index (κ1) is 23.3. The third-order valence-electron chi connectivity index (χ3n) is 4.25. The molecule has 30 heavy (non-hydrogen) atoms. The fourth-order valence-electron chi connectivity index (χ4n) is 2.61. The highest BCUT2D eigenvalue weighted by molar-refractivity contribution is 5.76. The molecule has 9 heteroatoms. The van der Waals surface area contributed by atoms with E-state index < -0.39 is 17.8 Å². The third kappa shape index (κ3) is 7.14. The van der Waals surface area contributed by atoms with E-state index in [4.69, 9.17) is 14.2 Å². The molecule has 164 valence electrons. The van der Waals surface area contributed by atoms with Crippen molar-refractivity contribution in [2.45, 2.75) is 25.1 Å². The smallest absolute Gasteiger partial charge is 0.416 e. The van der Waals surface area contributed by atoms with Gasteiger partial charge in [0.25, 0.3) is 0 Å². The van der Waals surface area contributed by atoms with Crippen LogP contribution in [0.3, 0.4) is 0 Å². The molecule has 0 saturated heterocycles. The minimum absolute atomic E-state index is 0.0363. The van der Waals surface area contributed by atoms with Crippen molar-refractivity contribution >= 4 is 5.91 Å². The Balaban J connectivity index is 1.71. The van der Waals surface area contributed by atoms with Crippen LogP contribution in [-0.2, 0) is 17.4 Å². The van der Waals surface area contributed by atoms with Crippen molar-refractivity contribution in [1.29, 1.82) is 0 Å². The van der Waals surface area contributed by atoms with Gasteiger partial charge in [0.15, 0.2) is 11.5 Å². The van der Waals surface area contributed by atoms with E-state index in [0.29, 0.717) is 17.9 Å². The molecule has 0 spiro atoms. The van der Waals surface area contributed by atoms with E-state index in [1.165, 1.54) is 26.4 Å². The molecule has 0 bridgehead atoms. The topological polar surface area (TPSA) is 77.0 Å². The van der Waals surface area contributed by atoms with Gasteiger partial charge in [-0.1, -0.05) is 6.07 Å². The molecular formula is C21H24F3NO5. The lowest BCUT2D eigenvalue weighted by molar-refractivity contribution is -0.137. The van der Waals surface area contributed by atoms with Crippen molar-refractivity contribution in [3.05, 3.63) is 53.6 Å². The minimum Gasteiger partial charge on any atom is -0.493 e. The number of hydrogen-bond acceptors (Lipinski definition) is 5. The van der Waals surface area contributed by atoms with Crippen LogP contribution in [0, 0.1) is 0 Å². The lowest BCUT2D eigenvalue weighted by Gasteiger charge is -2.14. The average molecular weight is 427 g/mol. The Bertz CT molecular complexity index is 824. The summed E-state index contributed by atoms with van der Waals surface area (Å²) in [5, 5.41) is 12.5. The van der Waals surface area contributed by atoms with E-state index in [1.54, 1.807) is 12.1 Å². The molecule has 2 aromatic rings. The number of aliphatic hydroxyl groups is 1. The van der Waals surface area contributed by atoms with E-state index in [2.05, 4.69) is 5.32 Å². The van der Waals surface area contributed by atoms with E-state index in [1.807, 2.05) is 6.07 Å². The molecule has 2 aromatic carbocycles. The number of halogens is 3. The first-order chi connectivity index (χ1) is 14.2. The largest absolute Gasteiger partial charge is 0.493 e. The quantitative estimate of drug-likeness (QED) is 0.609. The Kier molecular flexibility index (Phi) is 8.35. The maximum absolute atomic E-state index is 12.5. The van der Waals surface area contributed by atoms with Gasteiger partial charge in [-0.15, -0.1) is 0 Å². The van der Waals surface area contributed by atoms with Gasteiger partial charge in [-0.05, 0) is 48.4 Å². The molecule has 6 nitrogen and oxygen atoms in total. The van der Waals surface area contributed by atoms with Crippen LogP contribution < -0.4 is 19.5 Å². The second-order valence-electron chi connectivity index (χ2n) is 6.48. The number of aliphatic hydroxyl groups excluding tert-OH is 1. The van der Waals surface area contributed by atoms with Gasteiger partial charge in [0.1, 0.15) is 18.5 Å². The fraction of sp³-hybridized carbons (Fsp3) is 0.381. The van der Waals surface area contributed by atoms with Crippen LogP contribution in [0.4, 0.5) is 13.2 Å². The van der Waals surface area contributed by atoms with E-state index >= 15 is 0 Å². The third-order valence-corrected chi connectivity index (χ3v) is 4.25. The molecule has 0 aromatic heterocycles. The summed E-state index contributed by atoms with van der Waals surface area (Å²) >= 11 is 0. The number of ether oxygens (including phenoxy) is 3. The molecule has 0 heterocycles. The molecule has 2 N–H and O–H groups in total. The summed E-state index contributed by atoms with van der Waals surface area (Å²) in [6, 6.07) is 9.54. The Morgan fingerprint density at radius 1 is 1.07 bits per heavy atom. The summed E-state index contributed by atoms with van der Waals surface area (Å²) in [4.78, 5) is 12.0. The lowest BCUT2D eigenvalue weighted by atomic mass is 10.1. The first-order valence-corrected chi connectivity index (χ1v) is 9.18. The molecule has 0 aliphatic carbocycles. The zero-order valence-corrected chi connectivity index (χ0v) is 16.7. The molecule has 0 aliphatic rings. The van der Waals surface area contributed by atoms with Crippen LogP contribution in [0.1, 0.15) is 17.5 Å². The molecule has 0 radical (unpaired) electrons. The summed E-state index contributed by atoms with van der Waals surface area (Å²) in [6.45, 7) is -0.202. The van der Waals surface area contributed by atoms with Crippen LogP contribution in [0.2, 0.25) is 0 Å². The molecule has 1 amide bonds. The molecule has 1 unspecified atom stereocenters. The van der Waals surface area contributed by atoms with Gasteiger partial charge in [-0.2, -0.15) is 13.2 Å². The monoisotopic (exact) mass is 427 g/mol. The van der Waals surface area contributed by atoms with Gasteiger partial charge in [-0.25, -0.2) is 0 Å². The van der Waals surface area contributed by atoms with E-state index in [-0.39, 0.29) is 31.2 Å². The fourth-order valence-corrected chi connectivity index (χ4v) is 2.61. The SMILES string of the molecule is COc1ccc(CCC(=O)NCC(O)COc2ccc(C(F)(F)F)cc2)cc1OC. The minimum atomic E-state index is -4.42. The maximum atomic E-state index is 12.5. The highest BCUT2D eigenvalue weighted by Crippen LogP contribution is 2.30. The summed E-state index contributed by atoms with van der Waals surface area (Å²) in [6.07, 6.45) is -4.73. The highest BCUT2D eigenvalue weighted by Gasteiger charge is 2.30. The molecule has 0 saturated carbocycles. The predicted molar refractivity (Wildman–Crippen MR) is 104 cm³/mol. The number of alkyl halides is 3. The normalized spacial score (nSPS) is 12.2. The van der Waals surface area contributed by atoms with Crippen LogP contribution in [0.5, 0.6) is 17.2 Å². The van der Waals surface area contributed by atoms with Gasteiger partial charge >= 0.3 is 6.18 Å². The zero-order valence-electron chi connectivity index (χ0n) is 16.7. The van der Waals surface area contributed by atoms with Crippen LogP contribution in [-0.4, -0.2) is 44.5 Å². The molecule has 1 atom stereocenters. The second kappa shape index (κ2) is 10.7. The number of carbonyl (C=O) groups is 1. The van der Waals surface area contributed by atoms with Crippen molar-refractivity contribution in [2.24, 2.45) is 0 Å². The van der Waals surface area contributed by atoms with Crippen molar-refractivity contribution < 1.29 is 37.3 Å². The summed E-state index contributed by atoms with van der Waals surface area (Å²) in [7, 11) is 3.07. The lowest BCUT2D eigenvalue weighted by Crippen LogP contribution is -2.35. The predicted octanol–water partition coefficient (Wildman–Crippen LogP) is 3.21. The highest BCUT2D eigenvalue weighted by atomic mass is 19.4. The Morgan fingerprint density at radius 2 is 1.73 bits per heavy atom. The number of nitrogens with one attached hydrogen (secondary N) is 1. The van der Waals surface area contributed by atoms with E-state index in [0.717, 1.165) is 17.7 Å². The van der Waals surface area contributed by atoms with Gasteiger partial charge in [-0.3, -0.25) is 4.79 Å². The number of amides is 1. The number of hydrogen-bond donors (Lipinski definition) is 2. The summed E-state index contributed by atoms with van der Waals surface area (Å²) in [5.41, 5.74) is 0.117. The Labute approximate surface area is 172 Å². The number of benzene rings is 2. The van der Waals surface area contributed by atoms with Crippen molar-refractivity contribution in [1.82, 2.24) is 5.32 Å². The van der Waals surface area contributed by atoms with Crippen LogP contribution in [0.15, 0.2) is 42.5 Å². The first-order valence-electron chi connectivity index (χ1n) is 9.18. The molecule has 0 fully saturated rings. The Morgan fingerprint density at radius 3 is 2.33 bits per heavy atom. The number of methoxy groups -OCH3 is 2. The number of carbonyl (C=O) groups excluding carboxylic acids is 1. The Hall–Kier alpha value is -2.94. The number of aryl methyl sites for hydroxylation is 1. The van der Waals surface area contributed by atoms with Crippen LogP contribution >= 0.6 is 0 Å². The summed E-state index contributed by atoms with van der Waals surface area (Å²) < 4.78 is 53.2. The van der Waals surface area contributed by atoms with Gasteiger partial charge < -0.3 is 24.6 Å². The van der Waals surface area contributed by atoms with Gasteiger partial charge in [0.05, 0.1) is 19.8 Å². The average Bonchev–Trinajstić information content (AvgIpc) is 2.74. The maximum Gasteiger partial charge on any atom is 0.416 e. The van der Waals surface area contributed by atoms with Crippen molar-refractivity contribution in [3.8, 4) is 17.2 Å². The van der Waals surface area contributed by atoms with Gasteiger partial charge in [0.2, 0.25) is 5.91 Å². The van der Waals surface area contributed by atoms with Crippen molar-refractivity contribution in [3.63, 3.8) is 0 Å². The van der Waals surface area contributed by atoms with Gasteiger partial charge in [0, 0.05) is 13.0 Å². The number of rotatable bonds is 10. The second-order valence-corrected chi connectivity index (χ2v) is 6.48. The standard InChI is InChI=1S/C21H24F3NO5/c1-28-18-9-3-14(11-19(18)29-2)4-10-20(27)25-12-16(26)13-30-17-7-5-15(6-8-17)21(22,23)24/h3,5-9,11,16,26H,4,10,12-13H2,1-2H3,(H,25,27).